The van der Waals surface area contributed by atoms with Crippen molar-refractivity contribution >= 4 is 41.1 Å². The Morgan fingerprint density at radius 1 is 1.48 bits per heavy atom. The first-order valence-electron chi connectivity index (χ1n) is 6.46. The van der Waals surface area contributed by atoms with Gasteiger partial charge in [0.1, 0.15) is 12.6 Å². The van der Waals surface area contributed by atoms with E-state index in [4.69, 9.17) is 11.6 Å². The van der Waals surface area contributed by atoms with Crippen LogP contribution in [0.4, 0.5) is 0 Å². The highest BCUT2D eigenvalue weighted by molar-refractivity contribution is 7.98. The van der Waals surface area contributed by atoms with E-state index < -0.39 is 23.8 Å². The highest BCUT2D eigenvalue weighted by Crippen LogP contribution is 2.25. The molecule has 1 aliphatic heterocycles. The maximum Gasteiger partial charge on any atom is 0.256 e. The van der Waals surface area contributed by atoms with Crippen LogP contribution in [0.15, 0.2) is 23.1 Å². The molecule has 112 valence electrons. The molecule has 0 aliphatic carbocycles. The van der Waals surface area contributed by atoms with Crippen molar-refractivity contribution < 1.29 is 14.4 Å². The zero-order chi connectivity index (χ0) is 15.6. The molecule has 21 heavy (non-hydrogen) atoms. The van der Waals surface area contributed by atoms with E-state index in [9.17, 15) is 14.4 Å². The van der Waals surface area contributed by atoms with Crippen LogP contribution in [0.5, 0.6) is 0 Å². The fourth-order valence-corrected chi connectivity index (χ4v) is 2.87. The molecule has 1 heterocycles. The molecule has 7 heteroatoms. The van der Waals surface area contributed by atoms with Gasteiger partial charge in [-0.05, 0) is 30.9 Å². The van der Waals surface area contributed by atoms with Gasteiger partial charge in [0.2, 0.25) is 11.8 Å². The highest BCUT2D eigenvalue weighted by atomic mass is 35.5. The minimum Gasteiger partial charge on any atom is -0.317 e. The molecular weight excluding hydrogens is 312 g/mol. The summed E-state index contributed by atoms with van der Waals surface area (Å²) < 4.78 is 0. The number of hydrogen-bond donors (Lipinski definition) is 1. The van der Waals surface area contributed by atoms with Crippen LogP contribution in [0, 0.1) is 0 Å². The summed E-state index contributed by atoms with van der Waals surface area (Å²) in [6.45, 7) is 1.66. The summed E-state index contributed by atoms with van der Waals surface area (Å²) in [4.78, 5) is 38.2. The van der Waals surface area contributed by atoms with E-state index in [0.717, 1.165) is 4.90 Å². The van der Waals surface area contributed by atoms with Gasteiger partial charge in [-0.1, -0.05) is 18.5 Å². The number of halogens is 1. The van der Waals surface area contributed by atoms with Gasteiger partial charge in [-0.3, -0.25) is 19.7 Å². The van der Waals surface area contributed by atoms with E-state index in [1.165, 1.54) is 16.7 Å². The van der Waals surface area contributed by atoms with Crippen molar-refractivity contribution in [3.63, 3.8) is 0 Å². The Bertz CT molecular complexity index is 606. The van der Waals surface area contributed by atoms with Gasteiger partial charge < -0.3 is 4.90 Å². The average Bonchev–Trinajstić information content (AvgIpc) is 2.46. The lowest BCUT2D eigenvalue weighted by Gasteiger charge is -2.33. The molecule has 1 aliphatic rings. The lowest BCUT2D eigenvalue weighted by molar-refractivity contribution is -0.138. The van der Waals surface area contributed by atoms with Crippen molar-refractivity contribution in [2.75, 3.05) is 12.8 Å². The molecule has 5 nitrogen and oxygen atoms in total. The van der Waals surface area contributed by atoms with Crippen LogP contribution in [0.2, 0.25) is 5.02 Å². The number of nitrogens with zero attached hydrogens (tertiary/aromatic N) is 1. The summed E-state index contributed by atoms with van der Waals surface area (Å²) in [7, 11) is 0. The van der Waals surface area contributed by atoms with Gasteiger partial charge in [-0.25, -0.2) is 0 Å². The second kappa shape index (κ2) is 6.49. The molecule has 1 aromatic rings. The number of rotatable bonds is 3. The summed E-state index contributed by atoms with van der Waals surface area (Å²) in [6.07, 6.45) is 2.33. The molecule has 1 atom stereocenters. The van der Waals surface area contributed by atoms with E-state index in [-0.39, 0.29) is 6.54 Å². The first-order chi connectivity index (χ1) is 9.97. The van der Waals surface area contributed by atoms with Crippen molar-refractivity contribution in [2.24, 2.45) is 0 Å². The number of nitrogens with one attached hydrogen (secondary N) is 1. The standard InChI is InChI=1S/C14H15ClN2O3S/c1-3-11-13(19)16-12(18)7-17(11)14(20)9-6-8(21-2)4-5-10(9)15/h4-6,11H,3,7H2,1-2H3,(H,16,18,19). The summed E-state index contributed by atoms with van der Waals surface area (Å²) >= 11 is 7.58. The largest absolute Gasteiger partial charge is 0.317 e. The molecule has 0 saturated carbocycles. The molecule has 0 bridgehead atoms. The molecule has 1 N–H and O–H groups in total. The number of benzene rings is 1. The van der Waals surface area contributed by atoms with E-state index in [1.54, 1.807) is 19.1 Å². The Balaban J connectivity index is 2.37. The third-order valence-corrected chi connectivity index (χ3v) is 4.36. The number of amides is 3. The van der Waals surface area contributed by atoms with Crippen molar-refractivity contribution in [2.45, 2.75) is 24.3 Å². The smallest absolute Gasteiger partial charge is 0.256 e. The predicted molar refractivity (Wildman–Crippen MR) is 81.5 cm³/mol. The normalized spacial score (nSPS) is 18.6. The van der Waals surface area contributed by atoms with Crippen LogP contribution in [-0.2, 0) is 9.59 Å². The minimum atomic E-state index is -0.649. The summed E-state index contributed by atoms with van der Waals surface area (Å²) in [5.74, 6) is -1.32. The summed E-state index contributed by atoms with van der Waals surface area (Å²) in [5, 5.41) is 2.56. The molecule has 1 fully saturated rings. The Kier molecular flexibility index (Phi) is 4.90. The number of carbonyl (C=O) groups is 3. The zero-order valence-electron chi connectivity index (χ0n) is 11.7. The lowest BCUT2D eigenvalue weighted by Crippen LogP contribution is -2.59. The van der Waals surface area contributed by atoms with E-state index in [1.807, 2.05) is 12.3 Å². The van der Waals surface area contributed by atoms with Gasteiger partial charge in [-0.15, -0.1) is 11.8 Å². The summed E-state index contributed by atoms with van der Waals surface area (Å²) in [5.41, 5.74) is 0.310. The third kappa shape index (κ3) is 3.22. The van der Waals surface area contributed by atoms with E-state index in [0.29, 0.717) is 17.0 Å². The average molecular weight is 327 g/mol. The van der Waals surface area contributed by atoms with Crippen molar-refractivity contribution in [3.05, 3.63) is 28.8 Å². The second-order valence-electron chi connectivity index (χ2n) is 4.62. The van der Waals surface area contributed by atoms with Gasteiger partial charge in [0.15, 0.2) is 0 Å². The number of piperazine rings is 1. The predicted octanol–water partition coefficient (Wildman–Crippen LogP) is 1.94. The maximum absolute atomic E-state index is 12.6. The molecule has 0 radical (unpaired) electrons. The highest BCUT2D eigenvalue weighted by Gasteiger charge is 2.36. The van der Waals surface area contributed by atoms with Gasteiger partial charge >= 0.3 is 0 Å². The van der Waals surface area contributed by atoms with E-state index >= 15 is 0 Å². The van der Waals surface area contributed by atoms with Gasteiger partial charge in [0, 0.05) is 4.90 Å². The molecule has 0 aromatic heterocycles. The third-order valence-electron chi connectivity index (χ3n) is 3.31. The number of imide groups is 1. The monoisotopic (exact) mass is 326 g/mol. The van der Waals surface area contributed by atoms with Gasteiger partial charge in [0.25, 0.3) is 5.91 Å². The molecule has 1 saturated heterocycles. The molecular formula is C14H15ClN2O3S. The number of hydrogen-bond acceptors (Lipinski definition) is 4. The van der Waals surface area contributed by atoms with Crippen molar-refractivity contribution in [1.29, 1.82) is 0 Å². The Hall–Kier alpha value is -1.53. The Morgan fingerprint density at radius 3 is 2.81 bits per heavy atom. The Labute approximate surface area is 132 Å². The minimum absolute atomic E-state index is 0.136. The van der Waals surface area contributed by atoms with Crippen LogP contribution in [-0.4, -0.2) is 41.5 Å². The van der Waals surface area contributed by atoms with Gasteiger partial charge in [0.05, 0.1) is 10.6 Å². The lowest BCUT2D eigenvalue weighted by atomic mass is 10.1. The Morgan fingerprint density at radius 2 is 2.19 bits per heavy atom. The molecule has 1 unspecified atom stereocenters. The van der Waals surface area contributed by atoms with Crippen LogP contribution in [0.1, 0.15) is 23.7 Å². The zero-order valence-corrected chi connectivity index (χ0v) is 13.3. The topological polar surface area (TPSA) is 66.5 Å². The number of carbonyl (C=O) groups excluding carboxylic acids is 3. The summed E-state index contributed by atoms with van der Waals surface area (Å²) in [6, 6.07) is 4.49. The maximum atomic E-state index is 12.6. The molecule has 2 rings (SSSR count). The molecule has 3 amide bonds. The quantitative estimate of drug-likeness (QED) is 0.681. The van der Waals surface area contributed by atoms with Crippen LogP contribution >= 0.6 is 23.4 Å². The van der Waals surface area contributed by atoms with Gasteiger partial charge in [-0.2, -0.15) is 0 Å². The van der Waals surface area contributed by atoms with Crippen molar-refractivity contribution in [3.8, 4) is 0 Å². The first kappa shape index (κ1) is 15.9. The fourth-order valence-electron chi connectivity index (χ4n) is 2.24. The molecule has 0 spiro atoms. The van der Waals surface area contributed by atoms with E-state index in [2.05, 4.69) is 5.32 Å². The van der Waals surface area contributed by atoms with Crippen LogP contribution in [0.25, 0.3) is 0 Å². The molecule has 1 aromatic carbocycles. The van der Waals surface area contributed by atoms with Crippen molar-refractivity contribution in [1.82, 2.24) is 10.2 Å². The SMILES string of the molecule is CCC1C(=O)NC(=O)CN1C(=O)c1cc(SC)ccc1Cl. The number of thioether (sulfide) groups is 1. The van der Waals surface area contributed by atoms with Crippen LogP contribution < -0.4 is 5.32 Å². The first-order valence-corrected chi connectivity index (χ1v) is 8.06. The fraction of sp³-hybridized carbons (Fsp3) is 0.357. The second-order valence-corrected chi connectivity index (χ2v) is 5.90. The van der Waals surface area contributed by atoms with Crippen LogP contribution in [0.3, 0.4) is 0 Å².